The summed E-state index contributed by atoms with van der Waals surface area (Å²) in [4.78, 5) is 23.2. The molecule has 0 bridgehead atoms. The quantitative estimate of drug-likeness (QED) is 0.0966. The molecule has 1 N–H and O–H groups in total. The molecule has 41 heavy (non-hydrogen) atoms. The minimum atomic E-state index is -4.73. The van der Waals surface area contributed by atoms with Crippen molar-refractivity contribution in [2.24, 2.45) is 0 Å². The molecule has 12 heteroatoms. The van der Waals surface area contributed by atoms with Crippen molar-refractivity contribution in [1.82, 2.24) is 4.57 Å². The Morgan fingerprint density at radius 2 is 1.78 bits per heavy atom. The Labute approximate surface area is 240 Å². The first-order valence-electron chi connectivity index (χ1n) is 11.9. The van der Waals surface area contributed by atoms with Crippen LogP contribution in [0, 0.1) is 35.3 Å². The third-order valence-electron chi connectivity index (χ3n) is 6.06. The summed E-state index contributed by atoms with van der Waals surface area (Å²) in [5.74, 6) is -0.723. The van der Waals surface area contributed by atoms with Crippen molar-refractivity contribution in [2.75, 3.05) is 5.32 Å². The molecule has 0 saturated carbocycles. The molecule has 3 aromatic carbocycles. The maximum Gasteiger partial charge on any atom is 0.416 e. The number of hydrogen-bond acceptors (Lipinski definition) is 5. The number of aryl methyl sites for hydroxylation is 1. The van der Waals surface area contributed by atoms with E-state index in [1.54, 1.807) is 36.4 Å². The number of nitro groups is 1. The SMILES string of the molecule is Cc1cc(/C=C(\C#N)C(=O)Nc2ccccc2Br)c(C)n1-c1ccc(Oc2ccc(C(F)(F)F)cc2[N+](=O)[O-])cc1. The average Bonchev–Trinajstić information content (AvgIpc) is 3.20. The summed E-state index contributed by atoms with van der Waals surface area (Å²) in [5.41, 5.74) is 1.32. The maximum absolute atomic E-state index is 13.0. The molecule has 1 amide bonds. The van der Waals surface area contributed by atoms with Crippen molar-refractivity contribution in [3.8, 4) is 23.3 Å². The van der Waals surface area contributed by atoms with E-state index in [1.165, 1.54) is 18.2 Å². The summed E-state index contributed by atoms with van der Waals surface area (Å²) in [5, 5.41) is 23.7. The minimum Gasteiger partial charge on any atom is -0.450 e. The monoisotopic (exact) mass is 624 g/mol. The second-order valence-corrected chi connectivity index (χ2v) is 9.65. The molecule has 0 unspecified atom stereocenters. The number of nitro benzene ring substituents is 1. The van der Waals surface area contributed by atoms with Gasteiger partial charge in [-0.1, -0.05) is 12.1 Å². The van der Waals surface area contributed by atoms with Gasteiger partial charge in [0.15, 0.2) is 0 Å². The molecule has 4 aromatic rings. The Morgan fingerprint density at radius 1 is 1.10 bits per heavy atom. The second kappa shape index (κ2) is 11.7. The lowest BCUT2D eigenvalue weighted by molar-refractivity contribution is -0.385. The number of hydrogen-bond donors (Lipinski definition) is 1. The summed E-state index contributed by atoms with van der Waals surface area (Å²) < 4.78 is 47.0. The number of carbonyl (C=O) groups is 1. The van der Waals surface area contributed by atoms with Crippen LogP contribution in [0.3, 0.4) is 0 Å². The fourth-order valence-electron chi connectivity index (χ4n) is 4.10. The molecule has 0 aliphatic rings. The first-order valence-corrected chi connectivity index (χ1v) is 12.7. The zero-order valence-electron chi connectivity index (χ0n) is 21.5. The van der Waals surface area contributed by atoms with Crippen LogP contribution in [0.5, 0.6) is 11.5 Å². The zero-order chi connectivity index (χ0) is 29.9. The van der Waals surface area contributed by atoms with Crippen LogP contribution in [0.4, 0.5) is 24.5 Å². The third-order valence-corrected chi connectivity index (χ3v) is 6.75. The number of alkyl halides is 3. The van der Waals surface area contributed by atoms with Gasteiger partial charge in [-0.05, 0) is 96.0 Å². The van der Waals surface area contributed by atoms with Crippen molar-refractivity contribution >= 4 is 39.3 Å². The Morgan fingerprint density at radius 3 is 2.39 bits per heavy atom. The average molecular weight is 625 g/mol. The minimum absolute atomic E-state index is 0.0945. The molecular formula is C29H20BrF3N4O4. The lowest BCUT2D eigenvalue weighted by Crippen LogP contribution is -2.13. The molecule has 1 heterocycles. The Bertz CT molecular complexity index is 1720. The fourth-order valence-corrected chi connectivity index (χ4v) is 4.48. The van der Waals surface area contributed by atoms with Gasteiger partial charge in [0, 0.05) is 27.6 Å². The van der Waals surface area contributed by atoms with Crippen LogP contribution in [-0.2, 0) is 11.0 Å². The number of ether oxygens (including phenoxy) is 1. The van der Waals surface area contributed by atoms with Gasteiger partial charge in [-0.15, -0.1) is 0 Å². The van der Waals surface area contributed by atoms with Crippen LogP contribution >= 0.6 is 15.9 Å². The van der Waals surface area contributed by atoms with Crippen LogP contribution in [0.2, 0.25) is 0 Å². The van der Waals surface area contributed by atoms with Crippen LogP contribution in [0.15, 0.2) is 82.8 Å². The van der Waals surface area contributed by atoms with E-state index in [9.17, 15) is 33.3 Å². The largest absolute Gasteiger partial charge is 0.450 e. The molecule has 0 aliphatic heterocycles. The number of aromatic nitrogens is 1. The van der Waals surface area contributed by atoms with E-state index >= 15 is 0 Å². The number of anilines is 1. The van der Waals surface area contributed by atoms with Crippen LogP contribution in [0.25, 0.3) is 11.8 Å². The molecule has 0 fully saturated rings. The number of nitriles is 1. The molecule has 1 aromatic heterocycles. The van der Waals surface area contributed by atoms with Gasteiger partial charge in [-0.3, -0.25) is 14.9 Å². The molecule has 0 aliphatic carbocycles. The summed E-state index contributed by atoms with van der Waals surface area (Å²) >= 11 is 3.36. The summed E-state index contributed by atoms with van der Waals surface area (Å²) in [6, 6.07) is 19.2. The summed E-state index contributed by atoms with van der Waals surface area (Å²) in [6.45, 7) is 3.66. The van der Waals surface area contributed by atoms with E-state index in [0.29, 0.717) is 33.5 Å². The molecular weight excluding hydrogens is 605 g/mol. The zero-order valence-corrected chi connectivity index (χ0v) is 23.1. The van der Waals surface area contributed by atoms with Crippen molar-refractivity contribution in [1.29, 1.82) is 5.26 Å². The fraction of sp³-hybridized carbons (Fsp3) is 0.103. The first kappa shape index (κ1) is 29.1. The number of nitrogens with one attached hydrogen (secondary N) is 1. The van der Waals surface area contributed by atoms with Crippen molar-refractivity contribution in [3.63, 3.8) is 0 Å². The predicted octanol–water partition coefficient (Wildman–Crippen LogP) is 8.12. The highest BCUT2D eigenvalue weighted by atomic mass is 79.9. The molecule has 0 radical (unpaired) electrons. The Hall–Kier alpha value is -4.89. The smallest absolute Gasteiger partial charge is 0.416 e. The van der Waals surface area contributed by atoms with Gasteiger partial charge in [-0.2, -0.15) is 18.4 Å². The van der Waals surface area contributed by atoms with Crippen molar-refractivity contribution < 1.29 is 27.6 Å². The molecule has 0 atom stereocenters. The third kappa shape index (κ3) is 6.47. The van der Waals surface area contributed by atoms with Crippen LogP contribution in [0.1, 0.15) is 22.5 Å². The van der Waals surface area contributed by atoms with E-state index in [4.69, 9.17) is 4.74 Å². The summed E-state index contributed by atoms with van der Waals surface area (Å²) in [7, 11) is 0. The number of para-hydroxylation sites is 1. The van der Waals surface area contributed by atoms with Gasteiger partial charge in [0.05, 0.1) is 16.2 Å². The van der Waals surface area contributed by atoms with Crippen molar-refractivity contribution in [2.45, 2.75) is 20.0 Å². The van der Waals surface area contributed by atoms with E-state index in [-0.39, 0.29) is 17.1 Å². The van der Waals surface area contributed by atoms with Gasteiger partial charge in [0.25, 0.3) is 5.91 Å². The number of nitrogens with zero attached hydrogens (tertiary/aromatic N) is 3. The van der Waals surface area contributed by atoms with E-state index in [0.717, 1.165) is 17.5 Å². The molecule has 208 valence electrons. The lowest BCUT2D eigenvalue weighted by atomic mass is 10.1. The topological polar surface area (TPSA) is 110 Å². The highest BCUT2D eigenvalue weighted by Gasteiger charge is 2.33. The van der Waals surface area contributed by atoms with Crippen LogP contribution < -0.4 is 10.1 Å². The number of amides is 1. The van der Waals surface area contributed by atoms with E-state index in [1.807, 2.05) is 30.6 Å². The molecule has 0 saturated heterocycles. The van der Waals surface area contributed by atoms with Gasteiger partial charge < -0.3 is 14.6 Å². The highest BCUT2D eigenvalue weighted by molar-refractivity contribution is 9.10. The second-order valence-electron chi connectivity index (χ2n) is 8.80. The van der Waals surface area contributed by atoms with Crippen LogP contribution in [-0.4, -0.2) is 15.4 Å². The molecule has 8 nitrogen and oxygen atoms in total. The normalized spacial score (nSPS) is 11.6. The first-order chi connectivity index (χ1) is 19.4. The van der Waals surface area contributed by atoms with Gasteiger partial charge in [0.1, 0.15) is 17.4 Å². The van der Waals surface area contributed by atoms with E-state index < -0.39 is 28.3 Å². The standard InChI is InChI=1S/C29H20BrF3N4O4/c1-17-13-19(14-20(16-34)28(38)35-25-6-4-3-5-24(25)30)18(2)36(17)22-8-10-23(11-9-22)41-27-12-7-21(29(31,32)33)15-26(27)37(39)40/h3-15H,1-2H3,(H,35,38)/b20-14+. The Balaban J connectivity index is 1.58. The van der Waals surface area contributed by atoms with Gasteiger partial charge >= 0.3 is 11.9 Å². The number of halogens is 4. The highest BCUT2D eigenvalue weighted by Crippen LogP contribution is 2.38. The predicted molar refractivity (Wildman–Crippen MR) is 150 cm³/mol. The number of rotatable bonds is 7. The number of benzene rings is 3. The van der Waals surface area contributed by atoms with Gasteiger partial charge in [-0.25, -0.2) is 0 Å². The molecule has 4 rings (SSSR count). The van der Waals surface area contributed by atoms with Crippen molar-refractivity contribution in [3.05, 3.63) is 115 Å². The molecule has 0 spiro atoms. The maximum atomic E-state index is 13.0. The number of carbonyl (C=O) groups excluding carboxylic acids is 1. The lowest BCUT2D eigenvalue weighted by Gasteiger charge is -2.12. The Kier molecular flexibility index (Phi) is 8.30. The summed E-state index contributed by atoms with van der Waals surface area (Å²) in [6.07, 6.45) is -3.24. The van der Waals surface area contributed by atoms with E-state index in [2.05, 4.69) is 21.2 Å². The van der Waals surface area contributed by atoms with Gasteiger partial charge in [0.2, 0.25) is 5.75 Å².